The lowest BCUT2D eigenvalue weighted by Gasteiger charge is -2.31. The number of aromatic nitrogens is 2. The molecule has 3 heterocycles. The predicted molar refractivity (Wildman–Crippen MR) is 66.9 cm³/mol. The van der Waals surface area contributed by atoms with Crippen molar-refractivity contribution in [2.45, 2.75) is 38.9 Å². The summed E-state index contributed by atoms with van der Waals surface area (Å²) in [6, 6.07) is 0.941. The Hall–Kier alpha value is -1.52. The molecule has 2 aliphatic rings. The molecule has 92 valence electrons. The van der Waals surface area contributed by atoms with Gasteiger partial charge in [0.2, 0.25) is 0 Å². The largest absolute Gasteiger partial charge is 0.352 e. The van der Waals surface area contributed by atoms with Crippen LogP contribution in [0.15, 0.2) is 17.4 Å². The van der Waals surface area contributed by atoms with E-state index in [0.29, 0.717) is 12.1 Å². The summed E-state index contributed by atoms with van der Waals surface area (Å²) >= 11 is 0. The Bertz CT molecular complexity index is 436. The number of aryl methyl sites for hydroxylation is 1. The molecule has 5 heteroatoms. The SMILES string of the molecule is CCn1cc(C2CCN=C3NC(C)CN32)cn1. The third kappa shape index (κ3) is 1.79. The van der Waals surface area contributed by atoms with E-state index in [9.17, 15) is 0 Å². The summed E-state index contributed by atoms with van der Waals surface area (Å²) in [5.41, 5.74) is 1.31. The first-order valence-electron chi connectivity index (χ1n) is 6.38. The minimum absolute atomic E-state index is 0.445. The zero-order valence-electron chi connectivity index (χ0n) is 10.4. The van der Waals surface area contributed by atoms with Crippen LogP contribution in [-0.4, -0.2) is 39.8 Å². The Kier molecular flexibility index (Phi) is 2.53. The average molecular weight is 233 g/mol. The normalized spacial score (nSPS) is 27.6. The fourth-order valence-electron chi connectivity index (χ4n) is 2.66. The molecule has 2 unspecified atom stereocenters. The monoisotopic (exact) mass is 233 g/mol. The molecule has 1 N–H and O–H groups in total. The molecule has 0 radical (unpaired) electrons. The molecule has 1 saturated heterocycles. The van der Waals surface area contributed by atoms with Gasteiger partial charge < -0.3 is 10.2 Å². The number of nitrogens with zero attached hydrogens (tertiary/aromatic N) is 4. The van der Waals surface area contributed by atoms with Crippen LogP contribution >= 0.6 is 0 Å². The van der Waals surface area contributed by atoms with E-state index in [4.69, 9.17) is 0 Å². The lowest BCUT2D eigenvalue weighted by atomic mass is 10.1. The van der Waals surface area contributed by atoms with Crippen molar-refractivity contribution < 1.29 is 0 Å². The molecule has 3 rings (SSSR count). The van der Waals surface area contributed by atoms with Gasteiger partial charge in [0.05, 0.1) is 12.2 Å². The fourth-order valence-corrected chi connectivity index (χ4v) is 2.66. The van der Waals surface area contributed by atoms with Crippen LogP contribution in [0.25, 0.3) is 0 Å². The molecule has 2 aliphatic heterocycles. The quantitative estimate of drug-likeness (QED) is 0.829. The van der Waals surface area contributed by atoms with Gasteiger partial charge in [0.25, 0.3) is 0 Å². The van der Waals surface area contributed by atoms with Crippen molar-refractivity contribution in [3.8, 4) is 0 Å². The zero-order valence-corrected chi connectivity index (χ0v) is 10.4. The molecular formula is C12H19N5. The van der Waals surface area contributed by atoms with Gasteiger partial charge in [0.1, 0.15) is 0 Å². The maximum absolute atomic E-state index is 4.55. The number of aliphatic imine (C=N–C) groups is 1. The van der Waals surface area contributed by atoms with Gasteiger partial charge >= 0.3 is 0 Å². The van der Waals surface area contributed by atoms with Crippen LogP contribution in [-0.2, 0) is 6.54 Å². The second kappa shape index (κ2) is 4.05. The van der Waals surface area contributed by atoms with Crippen LogP contribution in [0.5, 0.6) is 0 Å². The highest BCUT2D eigenvalue weighted by Crippen LogP contribution is 2.29. The highest BCUT2D eigenvalue weighted by Gasteiger charge is 2.33. The van der Waals surface area contributed by atoms with Crippen molar-refractivity contribution in [3.63, 3.8) is 0 Å². The summed E-state index contributed by atoms with van der Waals surface area (Å²) in [7, 11) is 0. The standard InChI is InChI=1S/C12H19N5/c1-3-16-8-10(6-14-16)11-4-5-13-12-15-9(2)7-17(11)12/h6,8-9,11H,3-5,7H2,1-2H3,(H,13,15). The molecule has 1 aromatic heterocycles. The van der Waals surface area contributed by atoms with Gasteiger partial charge in [-0.05, 0) is 20.3 Å². The first-order chi connectivity index (χ1) is 8.28. The van der Waals surface area contributed by atoms with Gasteiger partial charge in [0, 0.05) is 37.4 Å². The molecule has 0 spiro atoms. The Morgan fingerprint density at radius 1 is 1.53 bits per heavy atom. The summed E-state index contributed by atoms with van der Waals surface area (Å²) < 4.78 is 1.99. The third-order valence-electron chi connectivity index (χ3n) is 3.52. The van der Waals surface area contributed by atoms with Gasteiger partial charge in [0.15, 0.2) is 5.96 Å². The van der Waals surface area contributed by atoms with E-state index in [1.807, 2.05) is 10.9 Å². The Morgan fingerprint density at radius 2 is 2.41 bits per heavy atom. The zero-order chi connectivity index (χ0) is 11.8. The van der Waals surface area contributed by atoms with Crippen LogP contribution < -0.4 is 5.32 Å². The fraction of sp³-hybridized carbons (Fsp3) is 0.667. The van der Waals surface area contributed by atoms with E-state index >= 15 is 0 Å². The van der Waals surface area contributed by atoms with Crippen molar-refractivity contribution in [3.05, 3.63) is 18.0 Å². The highest BCUT2D eigenvalue weighted by molar-refractivity contribution is 5.83. The van der Waals surface area contributed by atoms with Gasteiger partial charge in [-0.15, -0.1) is 0 Å². The summed E-state index contributed by atoms with van der Waals surface area (Å²) in [5.74, 6) is 1.07. The van der Waals surface area contributed by atoms with Crippen LogP contribution in [0.4, 0.5) is 0 Å². The van der Waals surface area contributed by atoms with Gasteiger partial charge in [-0.2, -0.15) is 5.10 Å². The van der Waals surface area contributed by atoms with E-state index in [0.717, 1.165) is 32.0 Å². The van der Waals surface area contributed by atoms with Gasteiger partial charge in [-0.1, -0.05) is 0 Å². The second-order valence-electron chi connectivity index (χ2n) is 4.84. The number of hydrogen-bond donors (Lipinski definition) is 1. The van der Waals surface area contributed by atoms with E-state index in [1.165, 1.54) is 5.56 Å². The second-order valence-corrected chi connectivity index (χ2v) is 4.84. The number of guanidine groups is 1. The summed E-state index contributed by atoms with van der Waals surface area (Å²) in [6.45, 7) is 7.20. The van der Waals surface area contributed by atoms with Gasteiger partial charge in [-0.25, -0.2) is 0 Å². The number of fused-ring (bicyclic) bond motifs is 1. The van der Waals surface area contributed by atoms with Crippen LogP contribution in [0.2, 0.25) is 0 Å². The Labute approximate surface area is 102 Å². The molecule has 5 nitrogen and oxygen atoms in total. The number of nitrogens with one attached hydrogen (secondary N) is 1. The van der Waals surface area contributed by atoms with E-state index in [-0.39, 0.29) is 0 Å². The molecule has 2 atom stereocenters. The topological polar surface area (TPSA) is 45.5 Å². The van der Waals surface area contributed by atoms with E-state index in [1.54, 1.807) is 0 Å². The molecule has 0 saturated carbocycles. The Morgan fingerprint density at radius 3 is 3.18 bits per heavy atom. The van der Waals surface area contributed by atoms with Gasteiger partial charge in [-0.3, -0.25) is 9.67 Å². The van der Waals surface area contributed by atoms with Crippen molar-refractivity contribution in [2.24, 2.45) is 4.99 Å². The lowest BCUT2D eigenvalue weighted by Crippen LogP contribution is -2.37. The molecular weight excluding hydrogens is 214 g/mol. The average Bonchev–Trinajstić information content (AvgIpc) is 2.92. The summed E-state index contributed by atoms with van der Waals surface area (Å²) in [4.78, 5) is 6.93. The number of rotatable bonds is 2. The molecule has 1 aromatic rings. The molecule has 0 aromatic carbocycles. The summed E-state index contributed by atoms with van der Waals surface area (Å²) in [6.07, 6.45) is 5.25. The minimum atomic E-state index is 0.445. The highest BCUT2D eigenvalue weighted by atomic mass is 15.4. The minimum Gasteiger partial charge on any atom is -0.352 e. The molecule has 0 aliphatic carbocycles. The maximum atomic E-state index is 4.55. The van der Waals surface area contributed by atoms with Crippen molar-refractivity contribution in [2.75, 3.05) is 13.1 Å². The molecule has 0 bridgehead atoms. The molecule has 17 heavy (non-hydrogen) atoms. The van der Waals surface area contributed by atoms with Crippen molar-refractivity contribution in [1.29, 1.82) is 0 Å². The maximum Gasteiger partial charge on any atom is 0.194 e. The van der Waals surface area contributed by atoms with E-state index in [2.05, 4.69) is 40.4 Å². The van der Waals surface area contributed by atoms with Crippen molar-refractivity contribution >= 4 is 5.96 Å². The van der Waals surface area contributed by atoms with Crippen molar-refractivity contribution in [1.82, 2.24) is 20.0 Å². The third-order valence-corrected chi connectivity index (χ3v) is 3.52. The lowest BCUT2D eigenvalue weighted by molar-refractivity contribution is 0.305. The van der Waals surface area contributed by atoms with Crippen LogP contribution in [0.3, 0.4) is 0 Å². The summed E-state index contributed by atoms with van der Waals surface area (Å²) in [5, 5.41) is 7.80. The van der Waals surface area contributed by atoms with Crippen LogP contribution in [0, 0.1) is 0 Å². The molecule has 1 fully saturated rings. The van der Waals surface area contributed by atoms with Crippen LogP contribution in [0.1, 0.15) is 31.9 Å². The first kappa shape index (κ1) is 10.6. The smallest absolute Gasteiger partial charge is 0.194 e. The molecule has 0 amide bonds. The van der Waals surface area contributed by atoms with E-state index < -0.39 is 0 Å². The number of hydrogen-bond acceptors (Lipinski definition) is 4. The predicted octanol–water partition coefficient (Wildman–Crippen LogP) is 0.997. The first-order valence-corrected chi connectivity index (χ1v) is 6.38. The Balaban J connectivity index is 1.86.